The van der Waals surface area contributed by atoms with Gasteiger partial charge < -0.3 is 10.2 Å². The summed E-state index contributed by atoms with van der Waals surface area (Å²) >= 11 is 0. The van der Waals surface area contributed by atoms with Gasteiger partial charge in [0.15, 0.2) is 11.5 Å². The standard InChI is InChI=1S/C16H16O3S/c17-15-7-6-14(12-16(15)18)9-11-20(19)10-8-13-4-2-1-3-5-13/h1-7,9,11-12,17-18H,8,10H2/b11-9+. The van der Waals surface area contributed by atoms with Gasteiger partial charge in [0.25, 0.3) is 0 Å². The third-order valence-electron chi connectivity index (χ3n) is 2.85. The van der Waals surface area contributed by atoms with Crippen molar-refractivity contribution in [3.63, 3.8) is 0 Å². The molecule has 4 heteroatoms. The van der Waals surface area contributed by atoms with E-state index in [1.807, 2.05) is 30.3 Å². The van der Waals surface area contributed by atoms with E-state index in [9.17, 15) is 14.4 Å². The Morgan fingerprint density at radius 1 is 1.00 bits per heavy atom. The van der Waals surface area contributed by atoms with E-state index in [0.717, 1.165) is 12.0 Å². The zero-order valence-corrected chi connectivity index (χ0v) is 11.7. The van der Waals surface area contributed by atoms with Crippen molar-refractivity contribution in [2.45, 2.75) is 6.42 Å². The van der Waals surface area contributed by atoms with E-state index in [4.69, 9.17) is 0 Å². The van der Waals surface area contributed by atoms with Crippen LogP contribution in [0.3, 0.4) is 0 Å². The van der Waals surface area contributed by atoms with Crippen LogP contribution in [0.4, 0.5) is 0 Å². The molecule has 0 saturated carbocycles. The van der Waals surface area contributed by atoms with E-state index < -0.39 is 10.8 Å². The number of aryl methyl sites for hydroxylation is 1. The topological polar surface area (TPSA) is 57.5 Å². The monoisotopic (exact) mass is 288 g/mol. The van der Waals surface area contributed by atoms with E-state index in [2.05, 4.69) is 0 Å². The lowest BCUT2D eigenvalue weighted by molar-refractivity contribution is 0.403. The summed E-state index contributed by atoms with van der Waals surface area (Å²) in [6, 6.07) is 14.4. The van der Waals surface area contributed by atoms with E-state index in [0.29, 0.717) is 11.3 Å². The van der Waals surface area contributed by atoms with E-state index in [1.54, 1.807) is 17.6 Å². The third kappa shape index (κ3) is 4.24. The fourth-order valence-electron chi connectivity index (χ4n) is 1.73. The van der Waals surface area contributed by atoms with Gasteiger partial charge in [0, 0.05) is 22.0 Å². The maximum atomic E-state index is 11.9. The highest BCUT2D eigenvalue weighted by Crippen LogP contribution is 2.25. The van der Waals surface area contributed by atoms with Gasteiger partial charge in [0.2, 0.25) is 0 Å². The Hall–Kier alpha value is -2.07. The summed E-state index contributed by atoms with van der Waals surface area (Å²) in [7, 11) is -1.06. The van der Waals surface area contributed by atoms with Crippen molar-refractivity contribution in [1.82, 2.24) is 0 Å². The molecule has 104 valence electrons. The summed E-state index contributed by atoms with van der Waals surface area (Å²) in [5.74, 6) is 0.222. The summed E-state index contributed by atoms with van der Waals surface area (Å²) in [6.45, 7) is 0. The van der Waals surface area contributed by atoms with Gasteiger partial charge in [-0.15, -0.1) is 0 Å². The summed E-state index contributed by atoms with van der Waals surface area (Å²) in [4.78, 5) is 0. The first kappa shape index (κ1) is 14.3. The van der Waals surface area contributed by atoms with Crippen molar-refractivity contribution < 1.29 is 14.4 Å². The quantitative estimate of drug-likeness (QED) is 0.831. The van der Waals surface area contributed by atoms with Gasteiger partial charge in [0.05, 0.1) is 0 Å². The second-order valence-electron chi connectivity index (χ2n) is 4.37. The van der Waals surface area contributed by atoms with Crippen LogP contribution >= 0.6 is 0 Å². The van der Waals surface area contributed by atoms with Crippen LogP contribution in [0, 0.1) is 0 Å². The Balaban J connectivity index is 1.90. The van der Waals surface area contributed by atoms with Gasteiger partial charge in [-0.05, 0) is 35.8 Å². The molecule has 0 aliphatic heterocycles. The van der Waals surface area contributed by atoms with Gasteiger partial charge in [-0.1, -0.05) is 36.4 Å². The molecule has 0 aliphatic rings. The number of phenols is 2. The lowest BCUT2D eigenvalue weighted by Crippen LogP contribution is -1.97. The van der Waals surface area contributed by atoms with Gasteiger partial charge in [-0.25, -0.2) is 0 Å². The molecule has 1 atom stereocenters. The number of hydrogen-bond donors (Lipinski definition) is 2. The number of benzene rings is 2. The summed E-state index contributed by atoms with van der Waals surface area (Å²) in [6.07, 6.45) is 2.44. The van der Waals surface area contributed by atoms with Crippen molar-refractivity contribution in [1.29, 1.82) is 0 Å². The van der Waals surface area contributed by atoms with Crippen molar-refractivity contribution in [3.8, 4) is 11.5 Å². The lowest BCUT2D eigenvalue weighted by Gasteiger charge is -2.00. The van der Waals surface area contributed by atoms with Crippen LogP contribution in [0.25, 0.3) is 6.08 Å². The fourth-order valence-corrected chi connectivity index (χ4v) is 2.61. The first-order valence-electron chi connectivity index (χ1n) is 6.26. The Bertz CT molecular complexity index is 621. The average molecular weight is 288 g/mol. The molecule has 3 nitrogen and oxygen atoms in total. The van der Waals surface area contributed by atoms with Crippen molar-refractivity contribution in [2.75, 3.05) is 5.75 Å². The van der Waals surface area contributed by atoms with Crippen molar-refractivity contribution in [3.05, 3.63) is 65.1 Å². The SMILES string of the molecule is O=S(/C=C/c1ccc(O)c(O)c1)CCc1ccccc1. The van der Waals surface area contributed by atoms with Gasteiger partial charge >= 0.3 is 0 Å². The molecule has 0 saturated heterocycles. The molecule has 2 aromatic carbocycles. The van der Waals surface area contributed by atoms with Crippen LogP contribution in [0.1, 0.15) is 11.1 Å². The van der Waals surface area contributed by atoms with E-state index >= 15 is 0 Å². The van der Waals surface area contributed by atoms with E-state index in [1.165, 1.54) is 12.1 Å². The first-order chi connectivity index (χ1) is 9.65. The number of hydrogen-bond acceptors (Lipinski definition) is 3. The number of rotatable bonds is 5. The number of phenolic OH excluding ortho intramolecular Hbond substituents is 2. The van der Waals surface area contributed by atoms with E-state index in [-0.39, 0.29) is 11.5 Å². The predicted octanol–water partition coefficient (Wildman–Crippen LogP) is 3.06. The van der Waals surface area contributed by atoms with Crippen LogP contribution in [0.2, 0.25) is 0 Å². The zero-order chi connectivity index (χ0) is 14.4. The van der Waals surface area contributed by atoms with Gasteiger partial charge in [-0.2, -0.15) is 0 Å². The molecule has 2 N–H and O–H groups in total. The molecule has 0 bridgehead atoms. The minimum absolute atomic E-state index is 0.160. The molecule has 20 heavy (non-hydrogen) atoms. The Kier molecular flexibility index (Phi) is 4.96. The molecular weight excluding hydrogens is 272 g/mol. The summed E-state index contributed by atoms with van der Waals surface area (Å²) in [5, 5.41) is 20.2. The molecule has 2 aromatic rings. The molecule has 0 aliphatic carbocycles. The third-order valence-corrected chi connectivity index (χ3v) is 3.89. The highest BCUT2D eigenvalue weighted by Gasteiger charge is 2.00. The summed E-state index contributed by atoms with van der Waals surface area (Å²) < 4.78 is 11.9. The van der Waals surface area contributed by atoms with Crippen LogP contribution < -0.4 is 0 Å². The zero-order valence-electron chi connectivity index (χ0n) is 10.9. The molecule has 0 heterocycles. The highest BCUT2D eigenvalue weighted by atomic mass is 32.2. The number of aromatic hydroxyl groups is 2. The Labute approximate surface area is 120 Å². The van der Waals surface area contributed by atoms with Crippen LogP contribution in [0.15, 0.2) is 53.9 Å². The predicted molar refractivity (Wildman–Crippen MR) is 82.0 cm³/mol. The molecule has 0 radical (unpaired) electrons. The highest BCUT2D eigenvalue weighted by molar-refractivity contribution is 7.88. The molecular formula is C16H16O3S. The maximum Gasteiger partial charge on any atom is 0.157 e. The van der Waals surface area contributed by atoms with Crippen LogP contribution in [-0.4, -0.2) is 20.2 Å². The van der Waals surface area contributed by atoms with Crippen molar-refractivity contribution >= 4 is 16.9 Å². The lowest BCUT2D eigenvalue weighted by atomic mass is 10.2. The minimum Gasteiger partial charge on any atom is -0.504 e. The van der Waals surface area contributed by atoms with Gasteiger partial charge in [-0.3, -0.25) is 4.21 Å². The largest absolute Gasteiger partial charge is 0.504 e. The average Bonchev–Trinajstić information content (AvgIpc) is 2.47. The smallest absolute Gasteiger partial charge is 0.157 e. The fraction of sp³-hybridized carbons (Fsp3) is 0.125. The normalized spacial score (nSPS) is 12.6. The van der Waals surface area contributed by atoms with Crippen LogP contribution in [-0.2, 0) is 17.2 Å². The first-order valence-corrected chi connectivity index (χ1v) is 7.64. The Morgan fingerprint density at radius 3 is 2.45 bits per heavy atom. The second kappa shape index (κ2) is 6.91. The Morgan fingerprint density at radius 2 is 1.75 bits per heavy atom. The molecule has 0 amide bonds. The van der Waals surface area contributed by atoms with Crippen molar-refractivity contribution in [2.24, 2.45) is 0 Å². The molecule has 0 fully saturated rings. The molecule has 0 aromatic heterocycles. The van der Waals surface area contributed by atoms with Gasteiger partial charge in [0.1, 0.15) is 0 Å². The molecule has 0 spiro atoms. The summed E-state index contributed by atoms with van der Waals surface area (Å²) in [5.41, 5.74) is 1.87. The molecule has 1 unspecified atom stereocenters. The minimum atomic E-state index is -1.06. The second-order valence-corrected chi connectivity index (χ2v) is 5.81. The maximum absolute atomic E-state index is 11.9. The molecule has 2 rings (SSSR count). The van der Waals surface area contributed by atoms with Crippen LogP contribution in [0.5, 0.6) is 11.5 Å².